The van der Waals surface area contributed by atoms with Crippen molar-refractivity contribution in [1.82, 2.24) is 15.0 Å². The summed E-state index contributed by atoms with van der Waals surface area (Å²) in [6, 6.07) is 6.96. The molecule has 39 heavy (non-hydrogen) atoms. The van der Waals surface area contributed by atoms with Gasteiger partial charge in [0.15, 0.2) is 0 Å². The summed E-state index contributed by atoms with van der Waals surface area (Å²) in [5, 5.41) is 16.2. The van der Waals surface area contributed by atoms with Crippen molar-refractivity contribution in [2.45, 2.75) is 45.6 Å². The molecule has 0 saturated carbocycles. The minimum Gasteiger partial charge on any atom is -0.481 e. The number of anilines is 3. The van der Waals surface area contributed by atoms with Gasteiger partial charge < -0.3 is 30.4 Å². The Morgan fingerprint density at radius 3 is 2.41 bits per heavy atom. The number of rotatable bonds is 7. The molecule has 0 bridgehead atoms. The topological polar surface area (TPSA) is 167 Å². The average Bonchev–Trinajstić information content (AvgIpc) is 2.87. The number of nitrogens with one attached hydrogen (secondary N) is 3. The number of pyridine rings is 1. The summed E-state index contributed by atoms with van der Waals surface area (Å²) < 4.78 is 5.34. The van der Waals surface area contributed by atoms with Gasteiger partial charge in [-0.1, -0.05) is 12.1 Å². The van der Waals surface area contributed by atoms with Gasteiger partial charge in [0.05, 0.1) is 41.1 Å². The van der Waals surface area contributed by atoms with E-state index < -0.39 is 34.4 Å². The average molecular weight is 537 g/mol. The predicted molar refractivity (Wildman–Crippen MR) is 146 cm³/mol. The maximum absolute atomic E-state index is 12.8. The second kappa shape index (κ2) is 10.7. The van der Waals surface area contributed by atoms with E-state index in [1.54, 1.807) is 33.9 Å². The minimum absolute atomic E-state index is 0.0501. The van der Waals surface area contributed by atoms with Crippen molar-refractivity contribution >= 4 is 46.1 Å². The van der Waals surface area contributed by atoms with Gasteiger partial charge in [-0.15, -0.1) is 0 Å². The molecule has 1 saturated heterocycles. The fourth-order valence-electron chi connectivity index (χ4n) is 4.61. The fourth-order valence-corrected chi connectivity index (χ4v) is 4.61. The zero-order valence-corrected chi connectivity index (χ0v) is 22.3. The number of esters is 1. The SMILES string of the molecule is CNc1cccc2cc(C(=O)Nc3cnc(N4CCC(CC(=O)OC(C)(C)C)(C(=O)O)CC4)nc3)c(=O)[nH]c12. The molecule has 4 rings (SSSR count). The summed E-state index contributed by atoms with van der Waals surface area (Å²) in [4.78, 5) is 63.0. The number of carbonyl (C=O) groups is 3. The third-order valence-electron chi connectivity index (χ3n) is 6.65. The number of aliphatic carboxylic acids is 1. The van der Waals surface area contributed by atoms with Gasteiger partial charge >= 0.3 is 11.9 Å². The Hall–Kier alpha value is -4.48. The second-order valence-electron chi connectivity index (χ2n) is 10.6. The van der Waals surface area contributed by atoms with Crippen LogP contribution in [0.1, 0.15) is 50.4 Å². The van der Waals surface area contributed by atoms with Gasteiger partial charge in [0.25, 0.3) is 11.5 Å². The number of amides is 1. The van der Waals surface area contributed by atoms with Gasteiger partial charge in [0.2, 0.25) is 5.95 Å². The molecule has 3 heterocycles. The molecule has 12 heteroatoms. The number of piperidine rings is 1. The first-order chi connectivity index (χ1) is 18.4. The second-order valence-corrected chi connectivity index (χ2v) is 10.6. The van der Waals surface area contributed by atoms with E-state index in [1.807, 2.05) is 17.0 Å². The molecule has 1 fully saturated rings. The van der Waals surface area contributed by atoms with Gasteiger partial charge in [0, 0.05) is 25.5 Å². The molecule has 1 aliphatic rings. The lowest BCUT2D eigenvalue weighted by atomic mass is 9.75. The summed E-state index contributed by atoms with van der Waals surface area (Å²) >= 11 is 0. The Balaban J connectivity index is 1.41. The molecule has 0 aliphatic carbocycles. The van der Waals surface area contributed by atoms with E-state index in [0.29, 0.717) is 35.6 Å². The lowest BCUT2D eigenvalue weighted by Gasteiger charge is -2.38. The molecule has 206 valence electrons. The monoisotopic (exact) mass is 536 g/mol. The summed E-state index contributed by atoms with van der Waals surface area (Å²) in [7, 11) is 1.74. The van der Waals surface area contributed by atoms with Crippen LogP contribution in [-0.4, -0.2) is 63.6 Å². The Morgan fingerprint density at radius 2 is 1.82 bits per heavy atom. The maximum atomic E-state index is 12.8. The van der Waals surface area contributed by atoms with Gasteiger partial charge in [0.1, 0.15) is 11.2 Å². The highest BCUT2D eigenvalue weighted by molar-refractivity contribution is 6.06. The molecule has 12 nitrogen and oxygen atoms in total. The zero-order chi connectivity index (χ0) is 28.4. The number of hydrogen-bond acceptors (Lipinski definition) is 9. The summed E-state index contributed by atoms with van der Waals surface area (Å²) in [5.74, 6) is -1.80. The lowest BCUT2D eigenvalue weighted by molar-refractivity contribution is -0.166. The third kappa shape index (κ3) is 6.16. The van der Waals surface area contributed by atoms with E-state index in [4.69, 9.17) is 4.74 Å². The first kappa shape index (κ1) is 27.6. The van der Waals surface area contributed by atoms with Crippen molar-refractivity contribution in [1.29, 1.82) is 0 Å². The van der Waals surface area contributed by atoms with Crippen LogP contribution in [0, 0.1) is 5.41 Å². The first-order valence-corrected chi connectivity index (χ1v) is 12.6. The molecule has 0 spiro atoms. The lowest BCUT2D eigenvalue weighted by Crippen LogP contribution is -2.46. The van der Waals surface area contributed by atoms with Gasteiger partial charge in [-0.3, -0.25) is 19.2 Å². The number of H-pyrrole nitrogens is 1. The molecular formula is C27H32N6O6. The van der Waals surface area contributed by atoms with Crippen molar-refractivity contribution < 1.29 is 24.2 Å². The Labute approximate surface area is 224 Å². The molecule has 2 aromatic heterocycles. The van der Waals surface area contributed by atoms with Gasteiger partial charge in [-0.2, -0.15) is 0 Å². The highest BCUT2D eigenvalue weighted by Crippen LogP contribution is 2.37. The standard InChI is InChI=1S/C27H32N6O6/c1-26(2,3)39-20(34)13-27(24(37)38)8-10-33(11-9-27)25-29-14-17(15-30-25)31-22(35)18-12-16-6-5-7-19(28-4)21(16)32-23(18)36/h5-7,12,14-15,28H,8-11,13H2,1-4H3,(H,31,35)(H,32,36)(H,37,38). The number of aromatic amines is 1. The maximum Gasteiger partial charge on any atom is 0.310 e. The van der Waals surface area contributed by atoms with E-state index in [9.17, 15) is 24.3 Å². The van der Waals surface area contributed by atoms with Crippen molar-refractivity contribution in [3.8, 4) is 0 Å². The highest BCUT2D eigenvalue weighted by atomic mass is 16.6. The van der Waals surface area contributed by atoms with Crippen LogP contribution in [0.3, 0.4) is 0 Å². The van der Waals surface area contributed by atoms with Crippen molar-refractivity contribution in [3.63, 3.8) is 0 Å². The van der Waals surface area contributed by atoms with E-state index >= 15 is 0 Å². The summed E-state index contributed by atoms with van der Waals surface area (Å²) in [6.45, 7) is 5.89. The van der Waals surface area contributed by atoms with E-state index in [0.717, 1.165) is 5.69 Å². The Bertz CT molecular complexity index is 1450. The van der Waals surface area contributed by atoms with Crippen molar-refractivity contribution in [3.05, 3.63) is 52.6 Å². The number of fused-ring (bicyclic) bond motifs is 1. The van der Waals surface area contributed by atoms with Crippen molar-refractivity contribution in [2.75, 3.05) is 35.7 Å². The number of carbonyl (C=O) groups excluding carboxylic acids is 2. The number of ether oxygens (including phenoxy) is 1. The van der Waals surface area contributed by atoms with Crippen LogP contribution in [0.5, 0.6) is 0 Å². The number of benzene rings is 1. The van der Waals surface area contributed by atoms with Crippen LogP contribution < -0.4 is 21.1 Å². The van der Waals surface area contributed by atoms with Crippen LogP contribution in [0.2, 0.25) is 0 Å². The molecule has 0 atom stereocenters. The van der Waals surface area contributed by atoms with Crippen molar-refractivity contribution in [2.24, 2.45) is 5.41 Å². The zero-order valence-electron chi connectivity index (χ0n) is 22.3. The Kier molecular flexibility index (Phi) is 7.57. The smallest absolute Gasteiger partial charge is 0.310 e. The fraction of sp³-hybridized carbons (Fsp3) is 0.407. The minimum atomic E-state index is -1.21. The highest BCUT2D eigenvalue weighted by Gasteiger charge is 2.44. The number of para-hydroxylation sites is 1. The van der Waals surface area contributed by atoms with Crippen LogP contribution in [0.25, 0.3) is 10.9 Å². The number of carboxylic acid groups (broad SMARTS) is 1. The number of carboxylic acids is 1. The third-order valence-corrected chi connectivity index (χ3v) is 6.65. The molecule has 3 aromatic rings. The normalized spacial score (nSPS) is 15.0. The molecule has 0 radical (unpaired) electrons. The molecule has 0 unspecified atom stereocenters. The molecule has 1 aromatic carbocycles. The summed E-state index contributed by atoms with van der Waals surface area (Å²) in [6.07, 6.45) is 3.10. The van der Waals surface area contributed by atoms with E-state index in [2.05, 4.69) is 25.6 Å². The summed E-state index contributed by atoms with van der Waals surface area (Å²) in [5.41, 5.74) is -0.840. The van der Waals surface area contributed by atoms with E-state index in [-0.39, 0.29) is 24.8 Å². The van der Waals surface area contributed by atoms with Crippen LogP contribution in [-0.2, 0) is 14.3 Å². The largest absolute Gasteiger partial charge is 0.481 e. The Morgan fingerprint density at radius 1 is 1.15 bits per heavy atom. The van der Waals surface area contributed by atoms with Gasteiger partial charge in [-0.25, -0.2) is 9.97 Å². The number of nitrogens with zero attached hydrogens (tertiary/aromatic N) is 3. The quantitative estimate of drug-likeness (QED) is 0.330. The first-order valence-electron chi connectivity index (χ1n) is 12.6. The van der Waals surface area contributed by atoms with Crippen LogP contribution in [0.15, 0.2) is 41.5 Å². The van der Waals surface area contributed by atoms with Gasteiger partial charge in [-0.05, 0) is 45.7 Å². The van der Waals surface area contributed by atoms with Crippen LogP contribution in [0.4, 0.5) is 17.3 Å². The number of hydrogen-bond donors (Lipinski definition) is 4. The predicted octanol–water partition coefficient (Wildman–Crippen LogP) is 3.02. The van der Waals surface area contributed by atoms with E-state index in [1.165, 1.54) is 18.5 Å². The molecule has 4 N–H and O–H groups in total. The molecule has 1 aliphatic heterocycles. The molecular weight excluding hydrogens is 504 g/mol. The van der Waals surface area contributed by atoms with Crippen LogP contribution >= 0.6 is 0 Å². The molecule has 1 amide bonds. The number of aromatic nitrogens is 3.